The number of nitrogens with zero attached hydrogens (tertiary/aromatic N) is 3. The van der Waals surface area contributed by atoms with Gasteiger partial charge in [-0.15, -0.1) is 0 Å². The third-order valence-electron chi connectivity index (χ3n) is 7.35. The minimum absolute atomic E-state index is 0.0111. The lowest BCUT2D eigenvalue weighted by Gasteiger charge is -2.58. The second-order valence-corrected chi connectivity index (χ2v) is 11.2. The molecule has 1 N–H and O–H groups in total. The lowest BCUT2D eigenvalue weighted by Crippen LogP contribution is -2.64. The fraction of sp³-hybridized carbons (Fsp3) is 0.625. The molecule has 0 bridgehead atoms. The first-order valence-corrected chi connectivity index (χ1v) is 11.7. The van der Waals surface area contributed by atoms with E-state index in [1.165, 1.54) is 4.90 Å². The molecule has 0 radical (unpaired) electrons. The Morgan fingerprint density at radius 2 is 1.82 bits per heavy atom. The number of imide groups is 1. The molecular weight excluding hydrogens is 440 g/mol. The smallest absolute Gasteiger partial charge is 0.410 e. The van der Waals surface area contributed by atoms with E-state index in [0.29, 0.717) is 29.8 Å². The lowest BCUT2D eigenvalue weighted by atomic mass is 9.60. The van der Waals surface area contributed by atoms with Crippen LogP contribution in [-0.2, 0) is 20.9 Å². The molecule has 1 aromatic rings. The number of likely N-dealkylation sites (tertiary alicyclic amines) is 1. The van der Waals surface area contributed by atoms with Gasteiger partial charge in [0.2, 0.25) is 11.8 Å². The monoisotopic (exact) mass is 470 g/mol. The van der Waals surface area contributed by atoms with E-state index in [1.807, 2.05) is 27.7 Å². The van der Waals surface area contributed by atoms with Gasteiger partial charge in [-0.1, -0.05) is 0 Å². The van der Waals surface area contributed by atoms with Crippen molar-refractivity contribution in [1.82, 2.24) is 19.7 Å². The van der Waals surface area contributed by atoms with Gasteiger partial charge < -0.3 is 19.1 Å². The first-order chi connectivity index (χ1) is 15.9. The molecule has 0 aromatic carbocycles. The Bertz CT molecular complexity index is 1170. The molecule has 1 aromatic heterocycles. The van der Waals surface area contributed by atoms with Crippen LogP contribution in [0.3, 0.4) is 0 Å². The van der Waals surface area contributed by atoms with Crippen LogP contribution < -0.4 is 10.9 Å². The highest BCUT2D eigenvalue weighted by Crippen LogP contribution is 2.54. The van der Waals surface area contributed by atoms with E-state index in [1.54, 1.807) is 15.7 Å². The van der Waals surface area contributed by atoms with E-state index in [4.69, 9.17) is 4.74 Å². The number of piperidine rings is 1. The van der Waals surface area contributed by atoms with Gasteiger partial charge >= 0.3 is 6.09 Å². The topological polar surface area (TPSA) is 118 Å². The molecule has 3 aliphatic heterocycles. The minimum atomic E-state index is -0.745. The van der Waals surface area contributed by atoms with Gasteiger partial charge in [-0.25, -0.2) is 4.79 Å². The van der Waals surface area contributed by atoms with Crippen LogP contribution in [0.15, 0.2) is 11.0 Å². The number of nitrogens with one attached hydrogen (secondary N) is 1. The minimum Gasteiger partial charge on any atom is -0.444 e. The first kappa shape index (κ1) is 22.6. The number of fused-ring (bicyclic) bond motifs is 1. The predicted octanol–water partition coefficient (Wildman–Crippen LogP) is 1.49. The van der Waals surface area contributed by atoms with Crippen molar-refractivity contribution < 1.29 is 23.9 Å². The summed E-state index contributed by atoms with van der Waals surface area (Å²) in [6.07, 6.45) is 3.44. The van der Waals surface area contributed by atoms with E-state index < -0.39 is 17.6 Å². The van der Waals surface area contributed by atoms with Crippen molar-refractivity contribution in [3.63, 3.8) is 0 Å². The van der Waals surface area contributed by atoms with Gasteiger partial charge in [0.05, 0.1) is 12.1 Å². The maximum atomic E-state index is 13.3. The summed E-state index contributed by atoms with van der Waals surface area (Å²) in [6.45, 7) is 8.66. The summed E-state index contributed by atoms with van der Waals surface area (Å²) in [7, 11) is 0. The highest BCUT2D eigenvalue weighted by atomic mass is 16.6. The number of ether oxygens (including phenoxy) is 1. The van der Waals surface area contributed by atoms with Gasteiger partial charge in [-0.3, -0.25) is 24.5 Å². The van der Waals surface area contributed by atoms with E-state index >= 15 is 0 Å². The third kappa shape index (κ3) is 3.59. The maximum Gasteiger partial charge on any atom is 0.410 e. The van der Waals surface area contributed by atoms with Crippen LogP contribution in [0.1, 0.15) is 74.0 Å². The molecule has 34 heavy (non-hydrogen) atoms. The molecule has 1 saturated carbocycles. The van der Waals surface area contributed by atoms with Crippen molar-refractivity contribution in [2.45, 2.75) is 77.6 Å². The Balaban J connectivity index is 1.29. The predicted molar refractivity (Wildman–Crippen MR) is 120 cm³/mol. The zero-order valence-corrected chi connectivity index (χ0v) is 20.0. The van der Waals surface area contributed by atoms with Crippen molar-refractivity contribution in [2.75, 3.05) is 13.1 Å². The standard InChI is InChI=1S/C24H30N4O6/c1-13-9-27(14-7-24(8-14)11-26(12-24)22(33)34-23(2,3)4)20(31)15-10-28(21(32)18(13)15)16-5-6-17(29)25-19(16)30/h9,14,16H,5-8,10-12H2,1-4H3,(H,25,29,30). The molecular formula is C24H30N4O6. The summed E-state index contributed by atoms with van der Waals surface area (Å²) in [5.41, 5.74) is 0.782. The number of carbonyl (C=O) groups is 4. The normalized spacial score (nSPS) is 24.0. The van der Waals surface area contributed by atoms with Crippen molar-refractivity contribution >= 4 is 23.8 Å². The number of rotatable bonds is 2. The van der Waals surface area contributed by atoms with Crippen LogP contribution in [0.4, 0.5) is 4.79 Å². The Hall–Kier alpha value is -3.17. The third-order valence-corrected chi connectivity index (χ3v) is 7.35. The van der Waals surface area contributed by atoms with Crippen LogP contribution in [0.2, 0.25) is 0 Å². The molecule has 1 unspecified atom stereocenters. The molecule has 3 fully saturated rings. The quantitative estimate of drug-likeness (QED) is 0.655. The van der Waals surface area contributed by atoms with Gasteiger partial charge in [-0.05, 0) is 52.5 Å². The largest absolute Gasteiger partial charge is 0.444 e. The van der Waals surface area contributed by atoms with Crippen molar-refractivity contribution in [1.29, 1.82) is 0 Å². The average Bonchev–Trinajstić information content (AvgIpc) is 3.00. The molecule has 10 nitrogen and oxygen atoms in total. The number of pyridine rings is 1. The summed E-state index contributed by atoms with van der Waals surface area (Å²) in [6, 6.07) is -0.734. The van der Waals surface area contributed by atoms with Crippen LogP contribution in [0.25, 0.3) is 0 Å². The molecule has 1 aliphatic carbocycles. The first-order valence-electron chi connectivity index (χ1n) is 11.7. The van der Waals surface area contributed by atoms with E-state index in [9.17, 15) is 24.0 Å². The maximum absolute atomic E-state index is 13.3. The zero-order chi connectivity index (χ0) is 24.6. The van der Waals surface area contributed by atoms with Crippen LogP contribution in [-0.4, -0.2) is 62.9 Å². The second-order valence-electron chi connectivity index (χ2n) is 11.2. The zero-order valence-electron chi connectivity index (χ0n) is 20.0. The molecule has 5 rings (SSSR count). The summed E-state index contributed by atoms with van der Waals surface area (Å²) in [5, 5.41) is 2.28. The van der Waals surface area contributed by atoms with E-state index in [0.717, 1.165) is 12.8 Å². The Morgan fingerprint density at radius 3 is 2.44 bits per heavy atom. The SMILES string of the molecule is Cc1cn(C2CC3(C2)CN(C(=O)OC(C)(C)C)C3)c(=O)c2c1C(=O)N(C1CCC(=O)NC1=O)C2. The molecule has 4 amide bonds. The van der Waals surface area contributed by atoms with Crippen molar-refractivity contribution in [3.8, 4) is 0 Å². The van der Waals surface area contributed by atoms with Gasteiger partial charge in [0.1, 0.15) is 11.6 Å². The van der Waals surface area contributed by atoms with E-state index in [-0.39, 0.29) is 54.3 Å². The molecule has 4 heterocycles. The molecule has 1 atom stereocenters. The number of carbonyl (C=O) groups excluding carboxylic acids is 4. The highest BCUT2D eigenvalue weighted by Gasteiger charge is 2.55. The molecule has 1 spiro atoms. The van der Waals surface area contributed by atoms with Crippen molar-refractivity contribution in [2.24, 2.45) is 5.41 Å². The van der Waals surface area contributed by atoms with Gasteiger partial charge in [0.15, 0.2) is 0 Å². The Kier molecular flexibility index (Phi) is 4.93. The van der Waals surface area contributed by atoms with E-state index in [2.05, 4.69) is 5.32 Å². The average molecular weight is 471 g/mol. The number of aryl methyl sites for hydroxylation is 1. The number of aromatic nitrogens is 1. The van der Waals surface area contributed by atoms with Crippen LogP contribution in [0.5, 0.6) is 0 Å². The molecule has 182 valence electrons. The van der Waals surface area contributed by atoms with Gasteiger partial charge in [-0.2, -0.15) is 0 Å². The Labute approximate surface area is 197 Å². The number of hydrogen-bond donors (Lipinski definition) is 1. The van der Waals surface area contributed by atoms with Crippen LogP contribution >= 0.6 is 0 Å². The van der Waals surface area contributed by atoms with Gasteiger partial charge in [0, 0.05) is 42.7 Å². The van der Waals surface area contributed by atoms with Crippen LogP contribution in [0, 0.1) is 12.3 Å². The second kappa shape index (κ2) is 7.41. The summed E-state index contributed by atoms with van der Waals surface area (Å²) < 4.78 is 7.15. The Morgan fingerprint density at radius 1 is 1.15 bits per heavy atom. The summed E-state index contributed by atoms with van der Waals surface area (Å²) in [4.78, 5) is 65.6. The highest BCUT2D eigenvalue weighted by molar-refractivity contribution is 6.05. The molecule has 10 heteroatoms. The fourth-order valence-corrected chi connectivity index (χ4v) is 5.78. The number of amides is 4. The fourth-order valence-electron chi connectivity index (χ4n) is 5.78. The summed E-state index contributed by atoms with van der Waals surface area (Å²) >= 11 is 0. The molecule has 2 saturated heterocycles. The van der Waals surface area contributed by atoms with Gasteiger partial charge in [0.25, 0.3) is 11.5 Å². The lowest BCUT2D eigenvalue weighted by molar-refractivity contribution is -0.136. The van der Waals surface area contributed by atoms with Crippen molar-refractivity contribution in [3.05, 3.63) is 33.2 Å². The number of hydrogen-bond acceptors (Lipinski definition) is 6. The molecule has 4 aliphatic rings. The summed E-state index contributed by atoms with van der Waals surface area (Å²) in [5.74, 6) is -1.16.